The smallest absolute Gasteiger partial charge is 0.127 e. The third kappa shape index (κ3) is 2.24. The molecule has 0 saturated heterocycles. The Morgan fingerprint density at radius 2 is 2.40 bits per heavy atom. The molecule has 1 fully saturated rings. The first kappa shape index (κ1) is 12.6. The highest BCUT2D eigenvalue weighted by atomic mass is 16.3. The van der Waals surface area contributed by atoms with E-state index >= 15 is 0 Å². The molecule has 0 unspecified atom stereocenters. The molecule has 3 atom stereocenters. The van der Waals surface area contributed by atoms with Crippen molar-refractivity contribution in [3.8, 4) is 6.07 Å². The van der Waals surface area contributed by atoms with E-state index < -0.39 is 6.10 Å². The number of hydrogen-bond donors (Lipinski definition) is 2. The number of aliphatic hydroxyl groups is 1. The van der Waals surface area contributed by atoms with Crippen molar-refractivity contribution < 1.29 is 5.11 Å². The fourth-order valence-corrected chi connectivity index (χ4v) is 2.48. The Morgan fingerprint density at radius 3 is 3.05 bits per heavy atom. The van der Waals surface area contributed by atoms with Crippen LogP contribution >= 0.6 is 0 Å². The van der Waals surface area contributed by atoms with Gasteiger partial charge in [0.05, 0.1) is 36.0 Å². The molecule has 1 aliphatic rings. The van der Waals surface area contributed by atoms with Gasteiger partial charge in [0, 0.05) is 12.4 Å². The highest BCUT2D eigenvalue weighted by molar-refractivity contribution is 5.44. The minimum Gasteiger partial charge on any atom is -0.391 e. The molecule has 6 nitrogen and oxygen atoms in total. The van der Waals surface area contributed by atoms with E-state index in [1.165, 1.54) is 0 Å². The van der Waals surface area contributed by atoms with Crippen molar-refractivity contribution in [1.82, 2.24) is 14.8 Å². The first-order chi connectivity index (χ1) is 9.67. The topological polar surface area (TPSA) is 86.8 Å². The van der Waals surface area contributed by atoms with Gasteiger partial charge < -0.3 is 10.4 Å². The SMILES string of the molecule is Cc1cnn([C@H]2[C@H](O)C[C@@H]2Nc2cc(C#N)ccn2)c1. The number of aryl methyl sites for hydroxylation is 1. The van der Waals surface area contributed by atoms with Crippen LogP contribution in [0.5, 0.6) is 0 Å². The van der Waals surface area contributed by atoms with Crippen molar-refractivity contribution >= 4 is 5.82 Å². The summed E-state index contributed by atoms with van der Waals surface area (Å²) in [5, 5.41) is 26.3. The van der Waals surface area contributed by atoms with E-state index in [0.717, 1.165) is 5.56 Å². The van der Waals surface area contributed by atoms with E-state index in [-0.39, 0.29) is 12.1 Å². The molecule has 0 amide bonds. The predicted molar refractivity (Wildman–Crippen MR) is 73.0 cm³/mol. The zero-order valence-electron chi connectivity index (χ0n) is 11.1. The maximum Gasteiger partial charge on any atom is 0.127 e. The predicted octanol–water partition coefficient (Wildman–Crippen LogP) is 1.24. The largest absolute Gasteiger partial charge is 0.391 e. The van der Waals surface area contributed by atoms with Gasteiger partial charge in [-0.3, -0.25) is 4.68 Å². The molecule has 2 heterocycles. The van der Waals surface area contributed by atoms with Gasteiger partial charge >= 0.3 is 0 Å². The third-order valence-electron chi connectivity index (χ3n) is 3.56. The Morgan fingerprint density at radius 1 is 1.55 bits per heavy atom. The Balaban J connectivity index is 1.76. The molecule has 2 N–H and O–H groups in total. The van der Waals surface area contributed by atoms with Crippen LogP contribution in [0.4, 0.5) is 5.82 Å². The van der Waals surface area contributed by atoms with E-state index in [9.17, 15) is 5.11 Å². The lowest BCUT2D eigenvalue weighted by molar-refractivity contribution is 0.0133. The maximum atomic E-state index is 9.95. The molecule has 0 radical (unpaired) electrons. The second-order valence-electron chi connectivity index (χ2n) is 5.08. The maximum absolute atomic E-state index is 9.95. The number of anilines is 1. The summed E-state index contributed by atoms with van der Waals surface area (Å²) in [5.74, 6) is 0.648. The summed E-state index contributed by atoms with van der Waals surface area (Å²) in [7, 11) is 0. The number of nitrogens with one attached hydrogen (secondary N) is 1. The zero-order chi connectivity index (χ0) is 14.1. The number of aromatic nitrogens is 3. The van der Waals surface area contributed by atoms with Gasteiger partial charge in [0.2, 0.25) is 0 Å². The molecule has 0 spiro atoms. The number of hydrogen-bond acceptors (Lipinski definition) is 5. The molecule has 0 aromatic carbocycles. The Bertz CT molecular complexity index is 660. The first-order valence-corrected chi connectivity index (χ1v) is 6.49. The summed E-state index contributed by atoms with van der Waals surface area (Å²) in [5.41, 5.74) is 1.63. The molecule has 3 rings (SSSR count). The lowest BCUT2D eigenvalue weighted by Crippen LogP contribution is -2.51. The van der Waals surface area contributed by atoms with Gasteiger partial charge in [-0.2, -0.15) is 10.4 Å². The van der Waals surface area contributed by atoms with Gasteiger partial charge in [-0.1, -0.05) is 0 Å². The van der Waals surface area contributed by atoms with E-state index in [0.29, 0.717) is 17.8 Å². The summed E-state index contributed by atoms with van der Waals surface area (Å²) in [4.78, 5) is 4.19. The monoisotopic (exact) mass is 269 g/mol. The van der Waals surface area contributed by atoms with Gasteiger partial charge in [0.25, 0.3) is 0 Å². The van der Waals surface area contributed by atoms with Gasteiger partial charge in [0.1, 0.15) is 5.82 Å². The van der Waals surface area contributed by atoms with Crippen LogP contribution in [0.15, 0.2) is 30.7 Å². The molecule has 0 bridgehead atoms. The minimum atomic E-state index is -0.411. The lowest BCUT2D eigenvalue weighted by atomic mass is 9.83. The van der Waals surface area contributed by atoms with Gasteiger partial charge in [0.15, 0.2) is 0 Å². The molecule has 0 aliphatic heterocycles. The van der Waals surface area contributed by atoms with Crippen LogP contribution in [-0.2, 0) is 0 Å². The molecule has 1 saturated carbocycles. The number of aliphatic hydroxyl groups excluding tert-OH is 1. The molecule has 20 heavy (non-hydrogen) atoms. The fraction of sp³-hybridized carbons (Fsp3) is 0.357. The van der Waals surface area contributed by atoms with E-state index in [1.807, 2.05) is 13.1 Å². The van der Waals surface area contributed by atoms with E-state index in [2.05, 4.69) is 21.5 Å². The summed E-state index contributed by atoms with van der Waals surface area (Å²) in [6.07, 6.45) is 5.52. The molecular weight excluding hydrogens is 254 g/mol. The molecule has 6 heteroatoms. The summed E-state index contributed by atoms with van der Waals surface area (Å²) >= 11 is 0. The minimum absolute atomic E-state index is 0.0609. The van der Waals surface area contributed by atoms with Crippen LogP contribution in [0.3, 0.4) is 0 Å². The highest BCUT2D eigenvalue weighted by Gasteiger charge is 2.42. The average Bonchev–Trinajstić information content (AvgIpc) is 2.84. The van der Waals surface area contributed by atoms with Crippen LogP contribution in [0.25, 0.3) is 0 Å². The lowest BCUT2D eigenvalue weighted by Gasteiger charge is -2.42. The Labute approximate surface area is 116 Å². The van der Waals surface area contributed by atoms with Crippen molar-refractivity contribution in [3.63, 3.8) is 0 Å². The summed E-state index contributed by atoms with van der Waals surface area (Å²) in [6, 6.07) is 5.41. The zero-order valence-corrected chi connectivity index (χ0v) is 11.1. The van der Waals surface area contributed by atoms with E-state index in [4.69, 9.17) is 5.26 Å². The Kier molecular flexibility index (Phi) is 3.12. The molecule has 1 aliphatic carbocycles. The van der Waals surface area contributed by atoms with E-state index in [1.54, 1.807) is 29.2 Å². The van der Waals surface area contributed by atoms with Crippen LogP contribution in [-0.4, -0.2) is 32.0 Å². The fourth-order valence-electron chi connectivity index (χ4n) is 2.48. The van der Waals surface area contributed by atoms with Crippen molar-refractivity contribution in [1.29, 1.82) is 5.26 Å². The molecular formula is C14H15N5O. The van der Waals surface area contributed by atoms with Gasteiger partial charge in [-0.05, 0) is 31.0 Å². The molecule has 2 aromatic rings. The highest BCUT2D eigenvalue weighted by Crippen LogP contribution is 2.34. The first-order valence-electron chi connectivity index (χ1n) is 6.49. The van der Waals surface area contributed by atoms with Crippen LogP contribution in [0.1, 0.15) is 23.6 Å². The Hall–Kier alpha value is -2.39. The van der Waals surface area contributed by atoms with Crippen LogP contribution < -0.4 is 5.32 Å². The van der Waals surface area contributed by atoms with Crippen LogP contribution in [0.2, 0.25) is 0 Å². The van der Waals surface area contributed by atoms with Gasteiger partial charge in [-0.15, -0.1) is 0 Å². The number of nitrogens with zero attached hydrogens (tertiary/aromatic N) is 4. The quantitative estimate of drug-likeness (QED) is 0.875. The van der Waals surface area contributed by atoms with Crippen molar-refractivity contribution in [2.24, 2.45) is 0 Å². The third-order valence-corrected chi connectivity index (χ3v) is 3.56. The number of rotatable bonds is 3. The number of nitriles is 1. The van der Waals surface area contributed by atoms with Crippen molar-refractivity contribution in [2.75, 3.05) is 5.32 Å². The molecule has 2 aromatic heterocycles. The summed E-state index contributed by atoms with van der Waals surface area (Å²) in [6.45, 7) is 1.97. The molecule has 102 valence electrons. The summed E-state index contributed by atoms with van der Waals surface area (Å²) < 4.78 is 1.79. The average molecular weight is 269 g/mol. The number of pyridine rings is 1. The standard InChI is InChI=1S/C14H15N5O/c1-9-7-17-19(8-9)14-11(5-12(14)20)18-13-4-10(6-15)2-3-16-13/h2-4,7-8,11-12,14,20H,5H2,1H3,(H,16,18)/t11-,12+,14+/m0/s1. The van der Waals surface area contributed by atoms with Crippen LogP contribution in [0, 0.1) is 18.3 Å². The van der Waals surface area contributed by atoms with Crippen molar-refractivity contribution in [2.45, 2.75) is 31.5 Å². The second kappa shape index (κ2) is 4.94. The second-order valence-corrected chi connectivity index (χ2v) is 5.08. The van der Waals surface area contributed by atoms with Crippen molar-refractivity contribution in [3.05, 3.63) is 41.9 Å². The van der Waals surface area contributed by atoms with Gasteiger partial charge in [-0.25, -0.2) is 4.98 Å². The normalized spacial score (nSPS) is 24.8.